The molecule has 1 aliphatic heterocycles. The van der Waals surface area contributed by atoms with E-state index >= 15 is 0 Å². The lowest BCUT2D eigenvalue weighted by molar-refractivity contribution is -0.124. The van der Waals surface area contributed by atoms with Crippen LogP contribution in [0.2, 0.25) is 0 Å². The molecular formula is C16H33N3O. The monoisotopic (exact) mass is 283 g/mol. The summed E-state index contributed by atoms with van der Waals surface area (Å²) in [7, 11) is 0. The van der Waals surface area contributed by atoms with Gasteiger partial charge in [0.15, 0.2) is 0 Å². The van der Waals surface area contributed by atoms with Gasteiger partial charge in [-0.3, -0.25) is 4.79 Å². The fraction of sp³-hybridized carbons (Fsp3) is 0.938. The number of carbonyl (C=O) groups is 1. The summed E-state index contributed by atoms with van der Waals surface area (Å²) in [5.74, 6) is -0.227. The number of amides is 1. The van der Waals surface area contributed by atoms with Crippen LogP contribution in [-0.2, 0) is 4.79 Å². The minimum absolute atomic E-state index is 0.227. The molecule has 1 aliphatic rings. The highest BCUT2D eigenvalue weighted by Gasteiger charge is 2.29. The molecule has 0 aromatic heterocycles. The number of hydrogen-bond donors (Lipinski definition) is 2. The molecular weight excluding hydrogens is 250 g/mol. The Kier molecular flexibility index (Phi) is 7.52. The standard InChI is InChI=1S/C16H33N3O/c1-4-11-18-16(3,15(17)20)10-8-13-19-12-7-5-6-9-14(19)2/h14,18H,4-13H2,1-3H3,(H2,17,20). The predicted octanol–water partition coefficient (Wildman–Crippen LogP) is 2.27. The summed E-state index contributed by atoms with van der Waals surface area (Å²) >= 11 is 0. The van der Waals surface area contributed by atoms with Crippen molar-refractivity contribution in [3.63, 3.8) is 0 Å². The van der Waals surface area contributed by atoms with Gasteiger partial charge in [0.2, 0.25) is 5.91 Å². The highest BCUT2D eigenvalue weighted by molar-refractivity contribution is 5.84. The molecule has 0 aromatic carbocycles. The molecule has 0 bridgehead atoms. The molecule has 20 heavy (non-hydrogen) atoms. The highest BCUT2D eigenvalue weighted by Crippen LogP contribution is 2.18. The zero-order chi connectivity index (χ0) is 15.0. The first-order chi connectivity index (χ1) is 9.49. The van der Waals surface area contributed by atoms with Crippen molar-refractivity contribution in [3.8, 4) is 0 Å². The first-order valence-electron chi connectivity index (χ1n) is 8.28. The molecule has 1 rings (SSSR count). The quantitative estimate of drug-likeness (QED) is 0.718. The Morgan fingerprint density at radius 3 is 2.80 bits per heavy atom. The molecule has 1 heterocycles. The number of nitrogens with one attached hydrogen (secondary N) is 1. The number of nitrogens with two attached hydrogens (primary N) is 1. The predicted molar refractivity (Wildman–Crippen MR) is 84.6 cm³/mol. The summed E-state index contributed by atoms with van der Waals surface area (Å²) in [6.07, 6.45) is 8.21. The molecule has 118 valence electrons. The van der Waals surface area contributed by atoms with Gasteiger partial charge in [-0.1, -0.05) is 19.8 Å². The van der Waals surface area contributed by atoms with Crippen LogP contribution in [0.25, 0.3) is 0 Å². The van der Waals surface area contributed by atoms with Gasteiger partial charge in [-0.15, -0.1) is 0 Å². The van der Waals surface area contributed by atoms with Crippen LogP contribution in [0.1, 0.15) is 65.7 Å². The van der Waals surface area contributed by atoms with Crippen LogP contribution in [0.5, 0.6) is 0 Å². The summed E-state index contributed by atoms with van der Waals surface area (Å²) < 4.78 is 0. The van der Waals surface area contributed by atoms with Crippen molar-refractivity contribution in [2.45, 2.75) is 77.3 Å². The van der Waals surface area contributed by atoms with E-state index in [4.69, 9.17) is 5.73 Å². The van der Waals surface area contributed by atoms with E-state index in [0.29, 0.717) is 6.04 Å². The van der Waals surface area contributed by atoms with Gasteiger partial charge in [0.25, 0.3) is 0 Å². The Labute approximate surface area is 124 Å². The number of nitrogens with zero attached hydrogens (tertiary/aromatic N) is 1. The Morgan fingerprint density at radius 2 is 2.15 bits per heavy atom. The fourth-order valence-corrected chi connectivity index (χ4v) is 3.00. The van der Waals surface area contributed by atoms with Crippen LogP contribution in [-0.4, -0.2) is 42.0 Å². The minimum Gasteiger partial charge on any atom is -0.368 e. The summed E-state index contributed by atoms with van der Waals surface area (Å²) in [6, 6.07) is 0.681. The van der Waals surface area contributed by atoms with Gasteiger partial charge in [-0.05, 0) is 65.6 Å². The van der Waals surface area contributed by atoms with E-state index in [-0.39, 0.29) is 5.91 Å². The third kappa shape index (κ3) is 5.41. The van der Waals surface area contributed by atoms with Gasteiger partial charge >= 0.3 is 0 Å². The van der Waals surface area contributed by atoms with Crippen molar-refractivity contribution in [1.29, 1.82) is 0 Å². The zero-order valence-electron chi connectivity index (χ0n) is 13.6. The number of hydrogen-bond acceptors (Lipinski definition) is 3. The Morgan fingerprint density at radius 1 is 1.40 bits per heavy atom. The van der Waals surface area contributed by atoms with Gasteiger partial charge < -0.3 is 16.0 Å². The third-order valence-electron chi connectivity index (χ3n) is 4.62. The fourth-order valence-electron chi connectivity index (χ4n) is 3.00. The number of carbonyl (C=O) groups excluding carboxylic acids is 1. The number of rotatable bonds is 8. The number of primary amides is 1. The first kappa shape index (κ1) is 17.4. The molecule has 4 heteroatoms. The Bertz CT molecular complexity index is 295. The van der Waals surface area contributed by atoms with Crippen LogP contribution >= 0.6 is 0 Å². The molecule has 3 N–H and O–H groups in total. The second-order valence-electron chi connectivity index (χ2n) is 6.46. The normalized spacial score (nSPS) is 24.1. The van der Waals surface area contributed by atoms with Crippen molar-refractivity contribution in [3.05, 3.63) is 0 Å². The molecule has 0 saturated carbocycles. The van der Waals surface area contributed by atoms with Crippen molar-refractivity contribution >= 4 is 5.91 Å². The van der Waals surface area contributed by atoms with Gasteiger partial charge in [0, 0.05) is 6.04 Å². The highest BCUT2D eigenvalue weighted by atomic mass is 16.1. The lowest BCUT2D eigenvalue weighted by Gasteiger charge is -2.31. The number of likely N-dealkylation sites (tertiary alicyclic amines) is 1. The minimum atomic E-state index is -0.550. The van der Waals surface area contributed by atoms with E-state index in [2.05, 4.69) is 24.1 Å². The average Bonchev–Trinajstić information content (AvgIpc) is 2.61. The second kappa shape index (κ2) is 8.63. The summed E-state index contributed by atoms with van der Waals surface area (Å²) in [5, 5.41) is 3.31. The third-order valence-corrected chi connectivity index (χ3v) is 4.62. The molecule has 1 amide bonds. The topological polar surface area (TPSA) is 58.4 Å². The Hall–Kier alpha value is -0.610. The lowest BCUT2D eigenvalue weighted by Crippen LogP contribution is -2.53. The van der Waals surface area contributed by atoms with Crippen LogP contribution in [0.15, 0.2) is 0 Å². The van der Waals surface area contributed by atoms with Crippen LogP contribution in [0.4, 0.5) is 0 Å². The summed E-state index contributed by atoms with van der Waals surface area (Å²) in [5.41, 5.74) is 5.02. The van der Waals surface area contributed by atoms with Crippen LogP contribution in [0.3, 0.4) is 0 Å². The molecule has 1 saturated heterocycles. The molecule has 2 unspecified atom stereocenters. The summed E-state index contributed by atoms with van der Waals surface area (Å²) in [6.45, 7) is 9.51. The maximum atomic E-state index is 11.7. The molecule has 2 atom stereocenters. The van der Waals surface area contributed by atoms with Crippen LogP contribution in [0, 0.1) is 0 Å². The average molecular weight is 283 g/mol. The second-order valence-corrected chi connectivity index (χ2v) is 6.46. The summed E-state index contributed by atoms with van der Waals surface area (Å²) in [4.78, 5) is 14.3. The zero-order valence-corrected chi connectivity index (χ0v) is 13.6. The van der Waals surface area contributed by atoms with Gasteiger partial charge in [-0.2, -0.15) is 0 Å². The van der Waals surface area contributed by atoms with E-state index in [9.17, 15) is 4.79 Å². The van der Waals surface area contributed by atoms with E-state index in [1.165, 1.54) is 32.2 Å². The van der Waals surface area contributed by atoms with E-state index < -0.39 is 5.54 Å². The van der Waals surface area contributed by atoms with Crippen molar-refractivity contribution in [2.24, 2.45) is 5.73 Å². The van der Waals surface area contributed by atoms with Gasteiger partial charge in [-0.25, -0.2) is 0 Å². The SMILES string of the molecule is CCCNC(C)(CCCN1CCCCCC1C)C(N)=O. The molecule has 0 radical (unpaired) electrons. The van der Waals surface area contributed by atoms with Gasteiger partial charge in [0.1, 0.15) is 0 Å². The molecule has 4 nitrogen and oxygen atoms in total. The van der Waals surface area contributed by atoms with Crippen LogP contribution < -0.4 is 11.1 Å². The van der Waals surface area contributed by atoms with E-state index in [1.807, 2.05) is 6.92 Å². The Balaban J connectivity index is 2.41. The van der Waals surface area contributed by atoms with Gasteiger partial charge in [0.05, 0.1) is 5.54 Å². The maximum absolute atomic E-state index is 11.7. The molecule has 1 fully saturated rings. The van der Waals surface area contributed by atoms with E-state index in [0.717, 1.165) is 32.4 Å². The first-order valence-corrected chi connectivity index (χ1v) is 8.28. The van der Waals surface area contributed by atoms with Crippen molar-refractivity contribution < 1.29 is 4.79 Å². The maximum Gasteiger partial charge on any atom is 0.237 e. The van der Waals surface area contributed by atoms with E-state index in [1.54, 1.807) is 0 Å². The van der Waals surface area contributed by atoms with Crippen molar-refractivity contribution in [2.75, 3.05) is 19.6 Å². The molecule has 0 aromatic rings. The largest absolute Gasteiger partial charge is 0.368 e. The molecule has 0 aliphatic carbocycles. The lowest BCUT2D eigenvalue weighted by atomic mass is 9.94. The smallest absolute Gasteiger partial charge is 0.237 e. The van der Waals surface area contributed by atoms with Crippen molar-refractivity contribution in [1.82, 2.24) is 10.2 Å². The molecule has 0 spiro atoms.